The number of rotatable bonds is 3. The molecule has 0 aliphatic rings. The highest BCUT2D eigenvalue weighted by Gasteiger charge is 2.26. The molecular formula is C12H10F2N2O2S. The zero-order valence-corrected chi connectivity index (χ0v) is 10.7. The Kier molecular flexibility index (Phi) is 3.48. The summed E-state index contributed by atoms with van der Waals surface area (Å²) < 4.78 is 51.9. The van der Waals surface area contributed by atoms with Crippen molar-refractivity contribution in [1.29, 1.82) is 0 Å². The molecule has 0 bridgehead atoms. The van der Waals surface area contributed by atoms with E-state index in [4.69, 9.17) is 0 Å². The Labute approximate surface area is 109 Å². The number of halogens is 2. The van der Waals surface area contributed by atoms with E-state index < -0.39 is 26.6 Å². The summed E-state index contributed by atoms with van der Waals surface area (Å²) in [6.07, 6.45) is 2.79. The summed E-state index contributed by atoms with van der Waals surface area (Å²) in [5.41, 5.74) is 0.256. The molecule has 1 aromatic carbocycles. The van der Waals surface area contributed by atoms with E-state index in [-0.39, 0.29) is 5.69 Å². The molecule has 0 radical (unpaired) electrons. The smallest absolute Gasteiger partial charge is 0.267 e. The quantitative estimate of drug-likeness (QED) is 0.868. The second-order valence-corrected chi connectivity index (χ2v) is 5.67. The molecule has 0 amide bonds. The van der Waals surface area contributed by atoms with Crippen LogP contribution in [-0.4, -0.2) is 20.4 Å². The monoisotopic (exact) mass is 284 g/mol. The maximum atomic E-state index is 13.6. The lowest BCUT2D eigenvalue weighted by Crippen LogP contribution is -2.27. The topological polar surface area (TPSA) is 50.3 Å². The minimum Gasteiger partial charge on any atom is -0.268 e. The third-order valence-electron chi connectivity index (χ3n) is 2.56. The van der Waals surface area contributed by atoms with Gasteiger partial charge in [-0.1, -0.05) is 6.07 Å². The highest BCUT2D eigenvalue weighted by molar-refractivity contribution is 7.92. The fourth-order valence-electron chi connectivity index (χ4n) is 1.51. The van der Waals surface area contributed by atoms with Gasteiger partial charge < -0.3 is 0 Å². The maximum Gasteiger partial charge on any atom is 0.267 e. The van der Waals surface area contributed by atoms with Gasteiger partial charge in [-0.15, -0.1) is 0 Å². The van der Waals surface area contributed by atoms with E-state index in [1.54, 1.807) is 6.07 Å². The van der Waals surface area contributed by atoms with Crippen LogP contribution in [-0.2, 0) is 10.0 Å². The van der Waals surface area contributed by atoms with Gasteiger partial charge in [0.15, 0.2) is 11.6 Å². The molecule has 4 nitrogen and oxygen atoms in total. The highest BCUT2D eigenvalue weighted by atomic mass is 32.2. The van der Waals surface area contributed by atoms with Crippen LogP contribution in [0, 0.1) is 11.6 Å². The number of nitrogens with zero attached hydrogens (tertiary/aromatic N) is 2. The van der Waals surface area contributed by atoms with Gasteiger partial charge in [0.2, 0.25) is 0 Å². The molecule has 0 aliphatic carbocycles. The van der Waals surface area contributed by atoms with Crippen LogP contribution in [0.15, 0.2) is 47.6 Å². The van der Waals surface area contributed by atoms with Gasteiger partial charge in [-0.05, 0) is 24.3 Å². The van der Waals surface area contributed by atoms with E-state index >= 15 is 0 Å². The van der Waals surface area contributed by atoms with Gasteiger partial charge in [-0.3, -0.25) is 9.29 Å². The van der Waals surface area contributed by atoms with Gasteiger partial charge >= 0.3 is 0 Å². The average molecular weight is 284 g/mol. The molecule has 0 unspecified atom stereocenters. The fraction of sp³-hybridized carbons (Fsp3) is 0.0833. The fourth-order valence-corrected chi connectivity index (χ4v) is 2.76. The molecule has 7 heteroatoms. The Bertz CT molecular complexity index is 690. The highest BCUT2D eigenvalue weighted by Crippen LogP contribution is 2.24. The number of pyridine rings is 1. The molecule has 2 aromatic rings. The first-order chi connectivity index (χ1) is 8.94. The number of hydrogen-bond donors (Lipinski definition) is 0. The molecule has 1 aromatic heterocycles. The molecule has 2 rings (SSSR count). The van der Waals surface area contributed by atoms with Crippen LogP contribution in [0.5, 0.6) is 0 Å². The summed E-state index contributed by atoms with van der Waals surface area (Å²) in [6, 6.07) is 6.06. The van der Waals surface area contributed by atoms with Crippen molar-refractivity contribution >= 4 is 15.7 Å². The van der Waals surface area contributed by atoms with E-state index in [2.05, 4.69) is 4.98 Å². The standard InChI is InChI=1S/C12H10F2N2O2S/c1-16(9-4-3-7-15-8-9)19(17,18)11-6-2-5-10(13)12(11)14/h2-8H,1H3. The summed E-state index contributed by atoms with van der Waals surface area (Å²) in [5.74, 6) is -2.60. The zero-order chi connectivity index (χ0) is 14.0. The van der Waals surface area contributed by atoms with Crippen LogP contribution in [0.2, 0.25) is 0 Å². The lowest BCUT2D eigenvalue weighted by molar-refractivity contribution is 0.484. The van der Waals surface area contributed by atoms with Crippen LogP contribution in [0.3, 0.4) is 0 Å². The van der Waals surface area contributed by atoms with Crippen molar-refractivity contribution in [2.75, 3.05) is 11.4 Å². The Hall–Kier alpha value is -2.02. The summed E-state index contributed by atoms with van der Waals surface area (Å²) in [6.45, 7) is 0. The summed E-state index contributed by atoms with van der Waals surface area (Å²) in [7, 11) is -2.92. The Morgan fingerprint density at radius 2 is 1.89 bits per heavy atom. The Morgan fingerprint density at radius 1 is 1.16 bits per heavy atom. The number of aromatic nitrogens is 1. The van der Waals surface area contributed by atoms with Gasteiger partial charge in [-0.2, -0.15) is 0 Å². The second kappa shape index (κ2) is 4.93. The van der Waals surface area contributed by atoms with Gasteiger partial charge in [0.05, 0.1) is 11.9 Å². The first-order valence-electron chi connectivity index (χ1n) is 5.27. The van der Waals surface area contributed by atoms with Crippen molar-refractivity contribution in [2.24, 2.45) is 0 Å². The number of hydrogen-bond acceptors (Lipinski definition) is 3. The molecule has 0 fully saturated rings. The van der Waals surface area contributed by atoms with Crippen LogP contribution in [0.25, 0.3) is 0 Å². The molecule has 0 aliphatic heterocycles. The van der Waals surface area contributed by atoms with Crippen molar-refractivity contribution in [3.05, 3.63) is 54.4 Å². The van der Waals surface area contributed by atoms with Crippen molar-refractivity contribution in [3.63, 3.8) is 0 Å². The molecule has 0 saturated heterocycles. The first-order valence-corrected chi connectivity index (χ1v) is 6.71. The van der Waals surface area contributed by atoms with Crippen molar-refractivity contribution in [1.82, 2.24) is 4.98 Å². The summed E-state index contributed by atoms with van der Waals surface area (Å²) in [4.78, 5) is 3.07. The summed E-state index contributed by atoms with van der Waals surface area (Å²) in [5, 5.41) is 0. The Balaban J connectivity index is 2.52. The molecule has 0 N–H and O–H groups in total. The van der Waals surface area contributed by atoms with Crippen LogP contribution >= 0.6 is 0 Å². The van der Waals surface area contributed by atoms with E-state index in [9.17, 15) is 17.2 Å². The second-order valence-electron chi connectivity index (χ2n) is 3.74. The molecule has 19 heavy (non-hydrogen) atoms. The molecule has 0 saturated carbocycles. The first kappa shape index (κ1) is 13.4. The molecule has 100 valence electrons. The molecule has 1 heterocycles. The van der Waals surface area contributed by atoms with E-state index in [1.165, 1.54) is 25.5 Å². The SMILES string of the molecule is CN(c1cccnc1)S(=O)(=O)c1cccc(F)c1F. The van der Waals surface area contributed by atoms with E-state index in [1.807, 2.05) is 0 Å². The third-order valence-corrected chi connectivity index (χ3v) is 4.37. The van der Waals surface area contributed by atoms with Gasteiger partial charge in [0.25, 0.3) is 10.0 Å². The Morgan fingerprint density at radius 3 is 2.53 bits per heavy atom. The van der Waals surface area contributed by atoms with Gasteiger partial charge in [0.1, 0.15) is 4.90 Å². The third kappa shape index (κ3) is 2.41. The van der Waals surface area contributed by atoms with Crippen LogP contribution < -0.4 is 4.31 Å². The van der Waals surface area contributed by atoms with Crippen LogP contribution in [0.4, 0.5) is 14.5 Å². The molecular weight excluding hydrogens is 274 g/mol. The predicted molar refractivity (Wildman–Crippen MR) is 66.2 cm³/mol. The summed E-state index contributed by atoms with van der Waals surface area (Å²) >= 11 is 0. The van der Waals surface area contributed by atoms with Crippen molar-refractivity contribution in [3.8, 4) is 0 Å². The number of benzene rings is 1. The van der Waals surface area contributed by atoms with E-state index in [0.717, 1.165) is 22.5 Å². The van der Waals surface area contributed by atoms with Crippen molar-refractivity contribution in [2.45, 2.75) is 4.90 Å². The normalized spacial score (nSPS) is 11.3. The molecule has 0 spiro atoms. The lowest BCUT2D eigenvalue weighted by atomic mass is 10.3. The maximum absolute atomic E-state index is 13.6. The van der Waals surface area contributed by atoms with Crippen LogP contribution in [0.1, 0.15) is 0 Å². The molecule has 0 atom stereocenters. The zero-order valence-electron chi connectivity index (χ0n) is 9.92. The largest absolute Gasteiger partial charge is 0.268 e. The number of sulfonamides is 1. The lowest BCUT2D eigenvalue weighted by Gasteiger charge is -2.19. The van der Waals surface area contributed by atoms with E-state index in [0.29, 0.717) is 0 Å². The minimum atomic E-state index is -4.17. The average Bonchev–Trinajstić information content (AvgIpc) is 2.41. The number of anilines is 1. The van der Waals surface area contributed by atoms with Crippen molar-refractivity contribution < 1.29 is 17.2 Å². The predicted octanol–water partition coefficient (Wildman–Crippen LogP) is 2.18. The minimum absolute atomic E-state index is 0.256. The van der Waals surface area contributed by atoms with Gasteiger partial charge in [0, 0.05) is 13.2 Å². The van der Waals surface area contributed by atoms with Gasteiger partial charge in [-0.25, -0.2) is 17.2 Å².